The molecule has 0 radical (unpaired) electrons. The van der Waals surface area contributed by atoms with E-state index in [4.69, 9.17) is 26.3 Å². The summed E-state index contributed by atoms with van der Waals surface area (Å²) in [5.41, 5.74) is 3.29. The number of rotatable bonds is 4. The Kier molecular flexibility index (Phi) is 5.82. The highest BCUT2D eigenvalue weighted by atomic mass is 35.5. The largest absolute Gasteiger partial charge is 0.418 e. The van der Waals surface area contributed by atoms with Crippen molar-refractivity contribution in [1.29, 1.82) is 0 Å². The number of aryl methyl sites for hydroxylation is 1. The van der Waals surface area contributed by atoms with E-state index in [1.54, 1.807) is 42.2 Å². The van der Waals surface area contributed by atoms with Crippen molar-refractivity contribution >= 4 is 45.6 Å². The quantitative estimate of drug-likeness (QED) is 0.302. The number of aromatic nitrogens is 5. The predicted octanol–water partition coefficient (Wildman–Crippen LogP) is 5.80. The lowest BCUT2D eigenvalue weighted by molar-refractivity contribution is 0.214. The zero-order chi connectivity index (χ0) is 26.2. The van der Waals surface area contributed by atoms with E-state index in [9.17, 15) is 9.59 Å². The first-order valence-corrected chi connectivity index (χ1v) is 12.0. The van der Waals surface area contributed by atoms with E-state index in [1.165, 1.54) is 6.07 Å². The fourth-order valence-corrected chi connectivity index (χ4v) is 4.46. The third-order valence-electron chi connectivity index (χ3n) is 6.00. The average molecular weight is 523 g/mol. The molecule has 0 unspecified atom stereocenters. The van der Waals surface area contributed by atoms with Gasteiger partial charge in [0.15, 0.2) is 11.4 Å². The Morgan fingerprint density at radius 2 is 1.79 bits per heavy atom. The molecule has 10 heteroatoms. The van der Waals surface area contributed by atoms with Crippen LogP contribution in [0.2, 0.25) is 5.02 Å². The van der Waals surface area contributed by atoms with Crippen molar-refractivity contribution in [3.05, 3.63) is 101 Å². The highest BCUT2D eigenvalue weighted by Gasteiger charge is 2.18. The number of fused-ring (bicyclic) bond motifs is 2. The minimum Gasteiger partial charge on any atom is -0.404 e. The molecule has 2 N–H and O–H groups in total. The molecule has 0 spiro atoms. The van der Waals surface area contributed by atoms with Gasteiger partial charge in [-0.3, -0.25) is 15.1 Å². The van der Waals surface area contributed by atoms with Crippen LogP contribution < -0.4 is 15.6 Å². The van der Waals surface area contributed by atoms with Gasteiger partial charge >= 0.3 is 6.09 Å². The van der Waals surface area contributed by atoms with Crippen molar-refractivity contribution in [2.24, 2.45) is 7.05 Å². The second-order valence-corrected chi connectivity index (χ2v) is 8.94. The van der Waals surface area contributed by atoms with Gasteiger partial charge in [-0.05, 0) is 30.3 Å². The fourth-order valence-electron chi connectivity index (χ4n) is 4.18. The Balaban J connectivity index is 1.49. The number of hydrogen-bond donors (Lipinski definition) is 2. The van der Waals surface area contributed by atoms with Crippen LogP contribution in [0.1, 0.15) is 0 Å². The highest BCUT2D eigenvalue weighted by molar-refractivity contribution is 6.35. The Labute approximate surface area is 220 Å². The third-order valence-corrected chi connectivity index (χ3v) is 6.29. The number of amides is 1. The summed E-state index contributed by atoms with van der Waals surface area (Å²) in [7, 11) is 1.77. The van der Waals surface area contributed by atoms with Crippen molar-refractivity contribution in [2.45, 2.75) is 0 Å². The maximum Gasteiger partial charge on any atom is 0.418 e. The number of benzene rings is 2. The second kappa shape index (κ2) is 9.45. The summed E-state index contributed by atoms with van der Waals surface area (Å²) in [5, 5.41) is 3.92. The molecule has 0 aliphatic rings. The smallest absolute Gasteiger partial charge is 0.404 e. The summed E-state index contributed by atoms with van der Waals surface area (Å²) in [6.45, 7) is 0. The minimum atomic E-state index is -0.806. The molecule has 0 bridgehead atoms. The Hall–Kier alpha value is -5.02. The number of hydrogen-bond acceptors (Lipinski definition) is 6. The van der Waals surface area contributed by atoms with Gasteiger partial charge in [-0.15, -0.1) is 0 Å². The van der Waals surface area contributed by atoms with Gasteiger partial charge in [0, 0.05) is 42.0 Å². The summed E-state index contributed by atoms with van der Waals surface area (Å²) < 4.78 is 7.02. The van der Waals surface area contributed by atoms with E-state index in [0.717, 1.165) is 16.5 Å². The van der Waals surface area contributed by atoms with E-state index in [1.807, 2.05) is 48.5 Å². The summed E-state index contributed by atoms with van der Waals surface area (Å²) in [6.07, 6.45) is 2.65. The van der Waals surface area contributed by atoms with Gasteiger partial charge in [0.05, 0.1) is 21.9 Å². The van der Waals surface area contributed by atoms with Crippen LogP contribution in [-0.4, -0.2) is 30.6 Å². The number of pyridine rings is 2. The minimum absolute atomic E-state index is 0.210. The van der Waals surface area contributed by atoms with Crippen LogP contribution in [0.5, 0.6) is 5.75 Å². The fraction of sp³-hybridized carbons (Fsp3) is 0.0357. The van der Waals surface area contributed by atoms with Gasteiger partial charge in [-0.25, -0.2) is 14.8 Å². The standard InChI is InChI=1S/C28H19ClN6O3/c1-35-12-6-10-22(35)32-28(37)38-21-15-20-26(34-27(21)36)33-24(16-7-3-2-4-8-16)25(31-20)18-13-17-9-5-11-30-23(17)19(29)14-18/h2-15H,1H3,(H,32,37)(H,33,34,36). The zero-order valence-corrected chi connectivity index (χ0v) is 20.7. The van der Waals surface area contributed by atoms with Crippen LogP contribution in [-0.2, 0) is 7.05 Å². The van der Waals surface area contributed by atoms with Crippen LogP contribution >= 0.6 is 11.6 Å². The molecule has 6 aromatic rings. The number of halogens is 1. The van der Waals surface area contributed by atoms with Gasteiger partial charge in [-0.2, -0.15) is 0 Å². The molecule has 38 heavy (non-hydrogen) atoms. The van der Waals surface area contributed by atoms with Crippen LogP contribution in [0, 0.1) is 0 Å². The Bertz CT molecular complexity index is 1900. The van der Waals surface area contributed by atoms with Gasteiger partial charge in [0.2, 0.25) is 0 Å². The molecular weight excluding hydrogens is 504 g/mol. The topological polar surface area (TPSA) is 115 Å². The van der Waals surface area contributed by atoms with Crippen LogP contribution in [0.25, 0.3) is 44.6 Å². The number of carbonyl (C=O) groups excluding carboxylic acids is 1. The lowest BCUT2D eigenvalue weighted by Gasteiger charge is -2.12. The zero-order valence-electron chi connectivity index (χ0n) is 20.0. The number of carbonyl (C=O) groups is 1. The lowest BCUT2D eigenvalue weighted by atomic mass is 10.0. The van der Waals surface area contributed by atoms with E-state index in [-0.39, 0.29) is 11.4 Å². The van der Waals surface area contributed by atoms with Crippen molar-refractivity contribution in [1.82, 2.24) is 24.5 Å². The number of aromatic amines is 1. The maximum absolute atomic E-state index is 12.8. The summed E-state index contributed by atoms with van der Waals surface area (Å²) in [4.78, 5) is 41.9. The molecule has 0 aliphatic carbocycles. The monoisotopic (exact) mass is 522 g/mol. The van der Waals surface area contributed by atoms with Gasteiger partial charge in [0.1, 0.15) is 11.3 Å². The van der Waals surface area contributed by atoms with Crippen molar-refractivity contribution in [3.8, 4) is 28.3 Å². The molecule has 9 nitrogen and oxygen atoms in total. The predicted molar refractivity (Wildman–Crippen MR) is 146 cm³/mol. The van der Waals surface area contributed by atoms with E-state index in [0.29, 0.717) is 33.3 Å². The van der Waals surface area contributed by atoms with Crippen LogP contribution in [0.15, 0.2) is 90.0 Å². The first kappa shape index (κ1) is 23.4. The van der Waals surface area contributed by atoms with E-state index < -0.39 is 11.7 Å². The van der Waals surface area contributed by atoms with Gasteiger partial charge < -0.3 is 14.3 Å². The third kappa shape index (κ3) is 4.35. The number of nitrogens with one attached hydrogen (secondary N) is 2. The molecule has 186 valence electrons. The molecule has 0 atom stereocenters. The van der Waals surface area contributed by atoms with Crippen molar-refractivity contribution in [3.63, 3.8) is 0 Å². The van der Waals surface area contributed by atoms with Crippen LogP contribution in [0.3, 0.4) is 0 Å². The highest BCUT2D eigenvalue weighted by Crippen LogP contribution is 2.34. The molecule has 4 aromatic heterocycles. The van der Waals surface area contributed by atoms with Crippen molar-refractivity contribution < 1.29 is 9.53 Å². The Morgan fingerprint density at radius 1 is 0.974 bits per heavy atom. The van der Waals surface area contributed by atoms with Gasteiger partial charge in [0.25, 0.3) is 5.56 Å². The second-order valence-electron chi connectivity index (χ2n) is 8.54. The first-order chi connectivity index (χ1) is 18.5. The molecule has 1 amide bonds. The number of nitrogens with zero attached hydrogens (tertiary/aromatic N) is 4. The molecular formula is C28H19ClN6O3. The molecule has 2 aromatic carbocycles. The average Bonchev–Trinajstić information content (AvgIpc) is 3.32. The van der Waals surface area contributed by atoms with E-state index in [2.05, 4.69) is 15.3 Å². The van der Waals surface area contributed by atoms with Gasteiger partial charge in [-0.1, -0.05) is 48.0 Å². The Morgan fingerprint density at radius 3 is 2.58 bits per heavy atom. The van der Waals surface area contributed by atoms with Crippen LogP contribution in [0.4, 0.5) is 10.6 Å². The maximum atomic E-state index is 12.8. The normalized spacial score (nSPS) is 11.1. The molecule has 0 fully saturated rings. The SMILES string of the molecule is Cn1cccc1NC(=O)Oc1cc2nc(-c3cc(Cl)c4ncccc4c3)c(-c3ccccc3)nc2[nH]c1=O. The summed E-state index contributed by atoms with van der Waals surface area (Å²) in [5.74, 6) is 0.308. The lowest BCUT2D eigenvalue weighted by Crippen LogP contribution is -2.22. The number of H-pyrrole nitrogens is 1. The number of ether oxygens (including phenoxy) is 1. The molecule has 0 saturated heterocycles. The number of anilines is 1. The molecule has 6 rings (SSSR count). The molecule has 0 aliphatic heterocycles. The molecule has 0 saturated carbocycles. The van der Waals surface area contributed by atoms with E-state index >= 15 is 0 Å². The first-order valence-electron chi connectivity index (χ1n) is 11.6. The van der Waals surface area contributed by atoms with Crippen molar-refractivity contribution in [2.75, 3.05) is 5.32 Å². The summed E-state index contributed by atoms with van der Waals surface area (Å²) >= 11 is 6.58. The molecule has 4 heterocycles. The summed E-state index contributed by atoms with van der Waals surface area (Å²) in [6, 6.07) is 21.9.